The molecule has 2 heterocycles. The molecule has 1 unspecified atom stereocenters. The maximum atomic E-state index is 5.82. The average molecular weight is 311 g/mol. The van der Waals surface area contributed by atoms with Crippen LogP contribution in [0.15, 0.2) is 36.7 Å². The number of benzene rings is 1. The number of ether oxygens (including phenoxy) is 1. The Morgan fingerprint density at radius 3 is 2.78 bits per heavy atom. The minimum absolute atomic E-state index is 0.129. The highest BCUT2D eigenvalue weighted by molar-refractivity contribution is 5.67. The lowest BCUT2D eigenvalue weighted by Gasteiger charge is -2.17. The number of aromatic nitrogens is 4. The van der Waals surface area contributed by atoms with Crippen molar-refractivity contribution in [3.8, 4) is 5.75 Å². The van der Waals surface area contributed by atoms with E-state index in [4.69, 9.17) is 4.74 Å². The molecule has 0 saturated carbocycles. The average Bonchev–Trinajstić information content (AvgIpc) is 3.03. The molecule has 6 nitrogen and oxygen atoms in total. The van der Waals surface area contributed by atoms with Gasteiger partial charge < -0.3 is 10.1 Å². The quantitative estimate of drug-likeness (QED) is 0.758. The summed E-state index contributed by atoms with van der Waals surface area (Å²) in [4.78, 5) is 0. The maximum Gasteiger partial charge on any atom is 0.200 e. The van der Waals surface area contributed by atoms with E-state index < -0.39 is 0 Å². The molecule has 23 heavy (non-hydrogen) atoms. The Labute approximate surface area is 135 Å². The predicted molar refractivity (Wildman–Crippen MR) is 89.9 cm³/mol. The molecule has 0 aliphatic carbocycles. The molecule has 1 atom stereocenters. The van der Waals surface area contributed by atoms with Crippen LogP contribution >= 0.6 is 0 Å². The third kappa shape index (κ3) is 3.59. The molecule has 6 heteroatoms. The number of anilines is 1. The molecule has 1 aromatic carbocycles. The number of hydrogen-bond donors (Lipinski definition) is 1. The fourth-order valence-electron chi connectivity index (χ4n) is 2.32. The molecule has 120 valence electrons. The second-order valence-electron chi connectivity index (χ2n) is 5.67. The van der Waals surface area contributed by atoms with Gasteiger partial charge in [-0.15, -0.1) is 10.2 Å². The Morgan fingerprint density at radius 1 is 1.26 bits per heavy atom. The summed E-state index contributed by atoms with van der Waals surface area (Å²) in [6.07, 6.45) is 2.48. The van der Waals surface area contributed by atoms with Crippen molar-refractivity contribution < 1.29 is 4.74 Å². The summed E-state index contributed by atoms with van der Waals surface area (Å²) in [7, 11) is 0. The fourth-order valence-corrected chi connectivity index (χ4v) is 2.32. The van der Waals surface area contributed by atoms with Gasteiger partial charge in [0.25, 0.3) is 0 Å². The van der Waals surface area contributed by atoms with Gasteiger partial charge >= 0.3 is 0 Å². The Kier molecular flexibility index (Phi) is 4.41. The SMILES string of the molecule is CCc1cc(NC(C)COc2ccc(C)cc2)c2nncn2n1. The lowest BCUT2D eigenvalue weighted by atomic mass is 10.2. The number of nitrogens with zero attached hydrogens (tertiary/aromatic N) is 4. The van der Waals surface area contributed by atoms with Gasteiger partial charge in [0, 0.05) is 0 Å². The van der Waals surface area contributed by atoms with Gasteiger partial charge in [0.1, 0.15) is 18.7 Å². The second kappa shape index (κ2) is 6.64. The van der Waals surface area contributed by atoms with Crippen molar-refractivity contribution in [2.45, 2.75) is 33.2 Å². The minimum atomic E-state index is 0.129. The zero-order valence-electron chi connectivity index (χ0n) is 13.7. The molecule has 3 rings (SSSR count). The number of rotatable bonds is 6. The summed E-state index contributed by atoms with van der Waals surface area (Å²) in [6, 6.07) is 10.2. The minimum Gasteiger partial charge on any atom is -0.491 e. The van der Waals surface area contributed by atoms with Crippen molar-refractivity contribution >= 4 is 11.3 Å². The van der Waals surface area contributed by atoms with Gasteiger partial charge in [-0.1, -0.05) is 24.6 Å². The highest BCUT2D eigenvalue weighted by Gasteiger charge is 2.10. The zero-order valence-corrected chi connectivity index (χ0v) is 13.7. The van der Waals surface area contributed by atoms with Crippen molar-refractivity contribution in [2.75, 3.05) is 11.9 Å². The molecular formula is C17H21N5O. The first-order valence-electron chi connectivity index (χ1n) is 7.81. The van der Waals surface area contributed by atoms with Gasteiger partial charge in [-0.2, -0.15) is 9.61 Å². The summed E-state index contributed by atoms with van der Waals surface area (Å²) >= 11 is 0. The molecule has 3 aromatic rings. The smallest absolute Gasteiger partial charge is 0.200 e. The molecule has 0 saturated heterocycles. The van der Waals surface area contributed by atoms with Crippen molar-refractivity contribution in [1.29, 1.82) is 0 Å². The summed E-state index contributed by atoms with van der Waals surface area (Å²) < 4.78 is 7.53. The molecule has 0 bridgehead atoms. The second-order valence-corrected chi connectivity index (χ2v) is 5.67. The van der Waals surface area contributed by atoms with Crippen LogP contribution < -0.4 is 10.1 Å². The van der Waals surface area contributed by atoms with Crippen LogP contribution in [0.4, 0.5) is 5.69 Å². The highest BCUT2D eigenvalue weighted by atomic mass is 16.5. The van der Waals surface area contributed by atoms with E-state index in [1.165, 1.54) is 5.56 Å². The van der Waals surface area contributed by atoms with Crippen molar-refractivity contribution in [3.05, 3.63) is 47.9 Å². The Morgan fingerprint density at radius 2 is 2.04 bits per heavy atom. The molecule has 1 N–H and O–H groups in total. The monoisotopic (exact) mass is 311 g/mol. The van der Waals surface area contributed by atoms with Crippen LogP contribution in [0.1, 0.15) is 25.1 Å². The highest BCUT2D eigenvalue weighted by Crippen LogP contribution is 2.17. The van der Waals surface area contributed by atoms with E-state index in [1.54, 1.807) is 10.8 Å². The van der Waals surface area contributed by atoms with Gasteiger partial charge in [-0.05, 0) is 38.5 Å². The zero-order chi connectivity index (χ0) is 16.2. The van der Waals surface area contributed by atoms with Crippen LogP contribution in [0, 0.1) is 6.92 Å². The Bertz CT molecular complexity index is 781. The van der Waals surface area contributed by atoms with E-state index in [2.05, 4.69) is 41.4 Å². The van der Waals surface area contributed by atoms with Crippen LogP contribution in [-0.4, -0.2) is 32.5 Å². The van der Waals surface area contributed by atoms with Crippen LogP contribution in [0.3, 0.4) is 0 Å². The van der Waals surface area contributed by atoms with Gasteiger partial charge in [0.2, 0.25) is 5.65 Å². The Balaban J connectivity index is 1.68. The topological polar surface area (TPSA) is 64.3 Å². The maximum absolute atomic E-state index is 5.82. The van der Waals surface area contributed by atoms with Crippen LogP contribution in [0.25, 0.3) is 5.65 Å². The van der Waals surface area contributed by atoms with Gasteiger partial charge in [-0.25, -0.2) is 0 Å². The fraction of sp³-hybridized carbons (Fsp3) is 0.353. The molecular weight excluding hydrogens is 290 g/mol. The van der Waals surface area contributed by atoms with Crippen molar-refractivity contribution in [3.63, 3.8) is 0 Å². The number of fused-ring (bicyclic) bond motifs is 1. The summed E-state index contributed by atoms with van der Waals surface area (Å²) in [5.41, 5.74) is 3.87. The number of nitrogens with one attached hydrogen (secondary N) is 1. The molecule has 0 fully saturated rings. The first-order valence-corrected chi connectivity index (χ1v) is 7.81. The standard InChI is InChI=1S/C17H21N5O/c1-4-14-9-16(17-20-18-11-22(17)21-14)19-13(3)10-23-15-7-5-12(2)6-8-15/h5-9,11,13,19H,4,10H2,1-3H3. The van der Waals surface area contributed by atoms with E-state index in [0.29, 0.717) is 6.61 Å². The van der Waals surface area contributed by atoms with E-state index in [1.807, 2.05) is 30.3 Å². The van der Waals surface area contributed by atoms with E-state index in [-0.39, 0.29) is 6.04 Å². The number of aryl methyl sites for hydroxylation is 2. The summed E-state index contributed by atoms with van der Waals surface area (Å²) in [6.45, 7) is 6.78. The summed E-state index contributed by atoms with van der Waals surface area (Å²) in [5.74, 6) is 0.876. The predicted octanol–water partition coefficient (Wildman–Crippen LogP) is 2.87. The third-order valence-electron chi connectivity index (χ3n) is 3.60. The van der Waals surface area contributed by atoms with Gasteiger partial charge in [0.05, 0.1) is 17.4 Å². The Hall–Kier alpha value is -2.63. The van der Waals surface area contributed by atoms with Crippen LogP contribution in [0.2, 0.25) is 0 Å². The van der Waals surface area contributed by atoms with Gasteiger partial charge in [-0.3, -0.25) is 0 Å². The molecule has 2 aromatic heterocycles. The molecule has 0 radical (unpaired) electrons. The van der Waals surface area contributed by atoms with Gasteiger partial charge in [0.15, 0.2) is 0 Å². The van der Waals surface area contributed by atoms with Crippen LogP contribution in [-0.2, 0) is 6.42 Å². The summed E-state index contributed by atoms with van der Waals surface area (Å²) in [5, 5.41) is 15.9. The van der Waals surface area contributed by atoms with Crippen molar-refractivity contribution in [2.24, 2.45) is 0 Å². The van der Waals surface area contributed by atoms with E-state index in [0.717, 1.165) is 29.2 Å². The van der Waals surface area contributed by atoms with E-state index in [9.17, 15) is 0 Å². The lowest BCUT2D eigenvalue weighted by molar-refractivity contribution is 0.304. The number of hydrogen-bond acceptors (Lipinski definition) is 5. The van der Waals surface area contributed by atoms with E-state index >= 15 is 0 Å². The van der Waals surface area contributed by atoms with Crippen LogP contribution in [0.5, 0.6) is 5.75 Å². The van der Waals surface area contributed by atoms with Crippen molar-refractivity contribution in [1.82, 2.24) is 19.8 Å². The lowest BCUT2D eigenvalue weighted by Crippen LogP contribution is -2.24. The molecule has 0 amide bonds. The molecule has 0 aliphatic heterocycles. The largest absolute Gasteiger partial charge is 0.491 e. The molecule has 0 spiro atoms. The first kappa shape index (κ1) is 15.3. The first-order chi connectivity index (χ1) is 11.2. The molecule has 0 aliphatic rings. The normalized spacial score (nSPS) is 12.3. The third-order valence-corrected chi connectivity index (χ3v) is 3.60.